The van der Waals surface area contributed by atoms with Crippen LogP contribution in [0, 0.1) is 0 Å². The van der Waals surface area contributed by atoms with Crippen molar-refractivity contribution < 1.29 is 23.5 Å². The molecule has 2 N–H and O–H groups in total. The van der Waals surface area contributed by atoms with Crippen LogP contribution in [0.3, 0.4) is 0 Å². The molecule has 0 saturated carbocycles. The summed E-state index contributed by atoms with van der Waals surface area (Å²) in [6.45, 7) is -0.255. The molecule has 42 heavy (non-hydrogen) atoms. The molecule has 11 heteroatoms. The van der Waals surface area contributed by atoms with Crippen LogP contribution in [0.5, 0.6) is 0 Å². The molecule has 2 amide bonds. The lowest BCUT2D eigenvalue weighted by atomic mass is 10.1. The van der Waals surface area contributed by atoms with Gasteiger partial charge in [-0.3, -0.25) is 23.5 Å². The Labute approximate surface area is 239 Å². The summed E-state index contributed by atoms with van der Waals surface area (Å²) < 4.78 is 12.3. The quantitative estimate of drug-likeness (QED) is 0.261. The first-order valence-corrected chi connectivity index (χ1v) is 12.9. The third-order valence-electron chi connectivity index (χ3n) is 6.60. The third kappa shape index (κ3) is 5.89. The molecule has 0 aliphatic carbocycles. The summed E-state index contributed by atoms with van der Waals surface area (Å²) in [5, 5.41) is 5.67. The molecule has 11 nitrogen and oxygen atoms in total. The highest BCUT2D eigenvalue weighted by Gasteiger charge is 2.18. The fourth-order valence-corrected chi connectivity index (χ4v) is 4.50. The fraction of sp³-hybridized carbons (Fsp3) is 0.129. The van der Waals surface area contributed by atoms with Crippen LogP contribution in [0.1, 0.15) is 32.0 Å². The molecule has 5 aromatic rings. The number of ether oxygens (including phenoxy) is 1. The number of hydrogen-bond donors (Lipinski definition) is 2. The summed E-state index contributed by atoms with van der Waals surface area (Å²) in [5.74, 6) is -0.881. The second kappa shape index (κ2) is 12.2. The summed E-state index contributed by atoms with van der Waals surface area (Å²) in [6, 6.07) is 22.9. The number of aromatic nitrogens is 2. The molecule has 2 heterocycles. The van der Waals surface area contributed by atoms with E-state index in [-0.39, 0.29) is 35.6 Å². The van der Waals surface area contributed by atoms with Crippen molar-refractivity contribution in [1.29, 1.82) is 0 Å². The molecule has 0 spiro atoms. The molecule has 5 rings (SSSR count). The Morgan fingerprint density at radius 2 is 1.60 bits per heavy atom. The van der Waals surface area contributed by atoms with Gasteiger partial charge in [0.15, 0.2) is 0 Å². The predicted octanol–water partition coefficient (Wildman–Crippen LogP) is 3.16. The highest BCUT2D eigenvalue weighted by Crippen LogP contribution is 2.17. The number of hydrogen-bond acceptors (Lipinski definition) is 7. The van der Waals surface area contributed by atoms with E-state index in [0.29, 0.717) is 22.4 Å². The minimum absolute atomic E-state index is 0.0798. The monoisotopic (exact) mass is 566 g/mol. The molecule has 212 valence electrons. The number of nitrogens with one attached hydrogen (secondary N) is 2. The van der Waals surface area contributed by atoms with Crippen LogP contribution in [0.4, 0.5) is 5.69 Å². The first-order chi connectivity index (χ1) is 20.4. The van der Waals surface area contributed by atoms with Gasteiger partial charge in [0.2, 0.25) is 5.91 Å². The van der Waals surface area contributed by atoms with E-state index >= 15 is 0 Å². The van der Waals surface area contributed by atoms with Crippen LogP contribution in [0.15, 0.2) is 105 Å². The van der Waals surface area contributed by atoms with Crippen molar-refractivity contribution in [3.05, 3.63) is 134 Å². The minimum atomic E-state index is -0.685. The number of carbonyl (C=O) groups is 3. The molecule has 0 fully saturated rings. The Bertz CT molecular complexity index is 1890. The van der Waals surface area contributed by atoms with Crippen molar-refractivity contribution in [3.8, 4) is 0 Å². The van der Waals surface area contributed by atoms with E-state index in [2.05, 4.69) is 10.6 Å². The number of anilines is 1. The summed E-state index contributed by atoms with van der Waals surface area (Å²) in [5.41, 5.74) is 0.497. The summed E-state index contributed by atoms with van der Waals surface area (Å²) in [4.78, 5) is 64.6. The number of rotatable bonds is 9. The Kier molecular flexibility index (Phi) is 8.10. The average molecular weight is 567 g/mol. The Balaban J connectivity index is 1.40. The van der Waals surface area contributed by atoms with Gasteiger partial charge in [-0.15, -0.1) is 0 Å². The number of methoxy groups -OCH3 is 1. The third-order valence-corrected chi connectivity index (χ3v) is 6.60. The smallest absolute Gasteiger partial charge is 0.339 e. The van der Waals surface area contributed by atoms with E-state index in [1.54, 1.807) is 78.9 Å². The molecule has 0 aliphatic heterocycles. The van der Waals surface area contributed by atoms with Gasteiger partial charge in [0, 0.05) is 5.56 Å². The van der Waals surface area contributed by atoms with E-state index in [1.165, 1.54) is 24.0 Å². The SMILES string of the molecule is COC(=O)c1ccccc1NC(=O)Cn1c(=O)n(Cc2ccc(C(=O)NCc3ccco3)cc2)c(=O)c2ccccc21. The molecule has 0 atom stereocenters. The second-order valence-corrected chi connectivity index (χ2v) is 9.32. The van der Waals surface area contributed by atoms with Crippen molar-refractivity contribution in [2.24, 2.45) is 0 Å². The van der Waals surface area contributed by atoms with Crippen molar-refractivity contribution in [1.82, 2.24) is 14.5 Å². The zero-order valence-electron chi connectivity index (χ0n) is 22.5. The number of carbonyl (C=O) groups excluding carboxylic acids is 3. The molecule has 0 radical (unpaired) electrons. The number of fused-ring (bicyclic) bond motifs is 1. The van der Waals surface area contributed by atoms with Crippen LogP contribution in [-0.4, -0.2) is 34.0 Å². The Hall–Kier alpha value is -5.71. The summed E-state index contributed by atoms with van der Waals surface area (Å²) >= 11 is 0. The maximum Gasteiger partial charge on any atom is 0.339 e. The van der Waals surface area contributed by atoms with E-state index in [0.717, 1.165) is 4.57 Å². The zero-order chi connectivity index (χ0) is 29.6. The molecule has 0 aliphatic rings. The van der Waals surface area contributed by atoms with Gasteiger partial charge in [-0.25, -0.2) is 9.59 Å². The van der Waals surface area contributed by atoms with Crippen LogP contribution in [-0.2, 0) is 29.2 Å². The lowest BCUT2D eigenvalue weighted by molar-refractivity contribution is -0.116. The van der Waals surface area contributed by atoms with Crippen molar-refractivity contribution >= 4 is 34.4 Å². The molecular weight excluding hydrogens is 540 g/mol. The van der Waals surface area contributed by atoms with E-state index < -0.39 is 29.7 Å². The van der Waals surface area contributed by atoms with E-state index in [4.69, 9.17) is 9.15 Å². The number of esters is 1. The topological polar surface area (TPSA) is 142 Å². The van der Waals surface area contributed by atoms with Crippen molar-refractivity contribution in [2.75, 3.05) is 12.4 Å². The Morgan fingerprint density at radius 3 is 2.33 bits per heavy atom. The largest absolute Gasteiger partial charge is 0.467 e. The van der Waals surface area contributed by atoms with Crippen LogP contribution in [0.25, 0.3) is 10.9 Å². The van der Waals surface area contributed by atoms with Gasteiger partial charge >= 0.3 is 11.7 Å². The van der Waals surface area contributed by atoms with Gasteiger partial charge in [0.05, 0.1) is 48.6 Å². The molecular formula is C31H26N4O7. The molecule has 0 unspecified atom stereocenters. The zero-order valence-corrected chi connectivity index (χ0v) is 22.5. The van der Waals surface area contributed by atoms with Crippen LogP contribution >= 0.6 is 0 Å². The van der Waals surface area contributed by atoms with Gasteiger partial charge in [-0.1, -0.05) is 36.4 Å². The molecule has 0 saturated heterocycles. The lowest BCUT2D eigenvalue weighted by Gasteiger charge is -2.15. The number of amides is 2. The first kappa shape index (κ1) is 27.8. The highest BCUT2D eigenvalue weighted by molar-refractivity contribution is 6.01. The minimum Gasteiger partial charge on any atom is -0.467 e. The molecule has 2 aromatic heterocycles. The van der Waals surface area contributed by atoms with Gasteiger partial charge in [-0.05, 0) is 54.1 Å². The lowest BCUT2D eigenvalue weighted by Crippen LogP contribution is -2.42. The Morgan fingerprint density at radius 1 is 0.857 bits per heavy atom. The molecule has 0 bridgehead atoms. The maximum absolute atomic E-state index is 13.6. The van der Waals surface area contributed by atoms with Crippen molar-refractivity contribution in [2.45, 2.75) is 19.6 Å². The maximum atomic E-state index is 13.6. The number of nitrogens with zero attached hydrogens (tertiary/aromatic N) is 2. The standard InChI is InChI=1S/C31H26N4O7/c1-41-30(39)23-8-2-4-10-25(23)33-27(36)19-34-26-11-5-3-9-24(26)29(38)35(31(34)40)18-20-12-14-21(15-13-20)28(37)32-17-22-7-6-16-42-22/h2-16H,17-19H2,1H3,(H,32,37)(H,33,36). The number of furan rings is 1. The van der Waals surface area contributed by atoms with Gasteiger partial charge in [-0.2, -0.15) is 0 Å². The summed E-state index contributed by atoms with van der Waals surface area (Å²) in [7, 11) is 1.24. The summed E-state index contributed by atoms with van der Waals surface area (Å²) in [6.07, 6.45) is 1.52. The highest BCUT2D eigenvalue weighted by atomic mass is 16.5. The van der Waals surface area contributed by atoms with E-state index in [1.807, 2.05) is 0 Å². The second-order valence-electron chi connectivity index (χ2n) is 9.32. The number of para-hydroxylation sites is 2. The van der Waals surface area contributed by atoms with Crippen LogP contribution < -0.4 is 21.9 Å². The normalized spacial score (nSPS) is 10.8. The van der Waals surface area contributed by atoms with Gasteiger partial charge < -0.3 is 19.8 Å². The van der Waals surface area contributed by atoms with Crippen molar-refractivity contribution in [3.63, 3.8) is 0 Å². The first-order valence-electron chi connectivity index (χ1n) is 12.9. The fourth-order valence-electron chi connectivity index (χ4n) is 4.50. The molecule has 3 aromatic carbocycles. The van der Waals surface area contributed by atoms with Gasteiger partial charge in [0.1, 0.15) is 12.3 Å². The average Bonchev–Trinajstić information content (AvgIpc) is 3.54. The van der Waals surface area contributed by atoms with Gasteiger partial charge in [0.25, 0.3) is 11.5 Å². The number of benzene rings is 3. The van der Waals surface area contributed by atoms with Crippen LogP contribution in [0.2, 0.25) is 0 Å². The predicted molar refractivity (Wildman–Crippen MR) is 154 cm³/mol. The van der Waals surface area contributed by atoms with E-state index in [9.17, 15) is 24.0 Å².